The highest BCUT2D eigenvalue weighted by atomic mass is 79.9. The number of pyridine rings is 1. The third kappa shape index (κ3) is 6.01. The molecule has 4 aromatic carbocycles. The van der Waals surface area contributed by atoms with Crippen LogP contribution in [0.1, 0.15) is 46.9 Å². The topological polar surface area (TPSA) is 93.6 Å². The van der Waals surface area contributed by atoms with Crippen LogP contribution in [0, 0.1) is 17.8 Å². The average Bonchev–Trinajstić information content (AvgIpc) is 3.35. The number of Topliss-reactive ketones (excluding diaryl/α,β-unsaturated/α-hetero) is 1. The van der Waals surface area contributed by atoms with Crippen LogP contribution < -0.4 is 4.90 Å². The third-order valence-electron chi connectivity index (χ3n) is 9.25. The van der Waals surface area contributed by atoms with Crippen LogP contribution >= 0.6 is 15.9 Å². The molecule has 1 aromatic heterocycles. The summed E-state index contributed by atoms with van der Waals surface area (Å²) in [5, 5.41) is 0.578. The summed E-state index contributed by atoms with van der Waals surface area (Å²) in [7, 11) is 0. The molecule has 7 rings (SSSR count). The molecule has 0 N–H and O–H groups in total. The first kappa shape index (κ1) is 30.7. The quantitative estimate of drug-likeness (QED) is 0.0971. The Labute approximate surface area is 280 Å². The van der Waals surface area contributed by atoms with Crippen LogP contribution in [0.15, 0.2) is 108 Å². The lowest BCUT2D eigenvalue weighted by Crippen LogP contribution is -2.30. The number of ketones is 1. The van der Waals surface area contributed by atoms with Gasteiger partial charge in [-0.15, -0.1) is 0 Å². The second kappa shape index (κ2) is 12.7. The summed E-state index contributed by atoms with van der Waals surface area (Å²) in [5.74, 6) is -1.27. The molecule has 5 aromatic rings. The molecule has 3 unspecified atom stereocenters. The lowest BCUT2D eigenvalue weighted by Gasteiger charge is -2.25. The van der Waals surface area contributed by atoms with Crippen molar-refractivity contribution >= 4 is 56.1 Å². The molecule has 1 saturated carbocycles. The lowest BCUT2D eigenvalue weighted by molar-refractivity contribution is -0.122. The molecule has 0 spiro atoms. The second-order valence-electron chi connectivity index (χ2n) is 12.3. The van der Waals surface area contributed by atoms with Crippen molar-refractivity contribution in [2.24, 2.45) is 17.8 Å². The summed E-state index contributed by atoms with van der Waals surface area (Å²) in [6.45, 7) is 1.72. The summed E-state index contributed by atoms with van der Waals surface area (Å²) < 4.78 is 6.32. The standard InChI is InChI=1S/C39H31BrN2O5/c1-23-7-17-30-32(19-23)38(45)42(37(30)44)29-15-12-26(13-16-29)35-21-33(31-20-28(40)14-18-34(31)41-35)39(46)47-22-36(43)27-10-8-25(9-11-27)24-5-3-2-4-6-24/h2-6,8-16,18,20-21,23,30,32H,7,17,19,22H2,1H3. The van der Waals surface area contributed by atoms with Gasteiger partial charge in [0, 0.05) is 21.0 Å². The van der Waals surface area contributed by atoms with E-state index in [4.69, 9.17) is 9.72 Å². The predicted molar refractivity (Wildman–Crippen MR) is 184 cm³/mol. The molecule has 0 radical (unpaired) electrons. The van der Waals surface area contributed by atoms with Crippen LogP contribution in [0.3, 0.4) is 0 Å². The number of rotatable bonds is 7. The Morgan fingerprint density at radius 1 is 0.809 bits per heavy atom. The van der Waals surface area contributed by atoms with Gasteiger partial charge in [-0.2, -0.15) is 0 Å². The maximum atomic E-state index is 13.5. The molecular weight excluding hydrogens is 656 g/mol. The van der Waals surface area contributed by atoms with Gasteiger partial charge in [-0.3, -0.25) is 19.3 Å². The Morgan fingerprint density at radius 2 is 1.49 bits per heavy atom. The molecule has 2 fully saturated rings. The molecule has 7 nitrogen and oxygen atoms in total. The molecule has 0 bridgehead atoms. The Bertz CT molecular complexity index is 2030. The van der Waals surface area contributed by atoms with Crippen molar-refractivity contribution < 1.29 is 23.9 Å². The molecule has 2 amide bonds. The number of nitrogens with zero attached hydrogens (tertiary/aromatic N) is 2. The number of anilines is 1. The zero-order valence-corrected chi connectivity index (χ0v) is 27.3. The van der Waals surface area contributed by atoms with E-state index in [1.165, 1.54) is 4.90 Å². The van der Waals surface area contributed by atoms with Gasteiger partial charge < -0.3 is 4.74 Å². The van der Waals surface area contributed by atoms with E-state index in [0.717, 1.165) is 34.9 Å². The smallest absolute Gasteiger partial charge is 0.339 e. The molecule has 2 aliphatic rings. The van der Waals surface area contributed by atoms with Gasteiger partial charge >= 0.3 is 5.97 Å². The number of fused-ring (bicyclic) bond motifs is 2. The number of carbonyl (C=O) groups is 4. The molecule has 1 aliphatic heterocycles. The number of ether oxygens (including phenoxy) is 1. The van der Waals surface area contributed by atoms with Crippen molar-refractivity contribution in [2.45, 2.75) is 26.2 Å². The van der Waals surface area contributed by atoms with Crippen LogP contribution in [-0.4, -0.2) is 35.2 Å². The van der Waals surface area contributed by atoms with Crippen molar-refractivity contribution in [3.05, 3.63) is 119 Å². The van der Waals surface area contributed by atoms with E-state index in [1.54, 1.807) is 54.6 Å². The van der Waals surface area contributed by atoms with Crippen molar-refractivity contribution in [1.29, 1.82) is 0 Å². The SMILES string of the molecule is CC1CCC2C(=O)N(c3ccc(-c4cc(C(=O)OCC(=O)c5ccc(-c6ccccc6)cc5)c5cc(Br)ccc5n4)cc3)C(=O)C2C1. The van der Waals surface area contributed by atoms with E-state index >= 15 is 0 Å². The number of hydrogen-bond donors (Lipinski definition) is 0. The summed E-state index contributed by atoms with van der Waals surface area (Å²) >= 11 is 3.48. The van der Waals surface area contributed by atoms with Gasteiger partial charge in [-0.05, 0) is 72.7 Å². The van der Waals surface area contributed by atoms with Gasteiger partial charge in [-0.1, -0.05) is 89.6 Å². The Morgan fingerprint density at radius 3 is 2.23 bits per heavy atom. The lowest BCUT2D eigenvalue weighted by atomic mass is 9.76. The normalized spacial score (nSPS) is 19.1. The van der Waals surface area contributed by atoms with Gasteiger partial charge in [0.1, 0.15) is 0 Å². The fraction of sp³-hybridized carbons (Fsp3) is 0.205. The molecule has 8 heteroatoms. The first-order valence-electron chi connectivity index (χ1n) is 15.7. The van der Waals surface area contributed by atoms with E-state index in [-0.39, 0.29) is 35.0 Å². The van der Waals surface area contributed by atoms with Crippen LogP contribution in [-0.2, 0) is 14.3 Å². The summed E-state index contributed by atoms with van der Waals surface area (Å²) in [4.78, 5) is 59.0. The van der Waals surface area contributed by atoms with Crippen LogP contribution in [0.5, 0.6) is 0 Å². The number of hydrogen-bond acceptors (Lipinski definition) is 6. The Hall–Kier alpha value is -4.95. The number of carbonyl (C=O) groups excluding carboxylic acids is 4. The zero-order chi connectivity index (χ0) is 32.7. The average molecular weight is 688 g/mol. The van der Waals surface area contributed by atoms with Crippen LogP contribution in [0.2, 0.25) is 0 Å². The molecule has 1 saturated heterocycles. The maximum Gasteiger partial charge on any atom is 0.339 e. The fourth-order valence-electron chi connectivity index (χ4n) is 6.71. The maximum absolute atomic E-state index is 13.5. The summed E-state index contributed by atoms with van der Waals surface area (Å²) in [5.41, 5.74) is 5.08. The zero-order valence-electron chi connectivity index (χ0n) is 25.7. The van der Waals surface area contributed by atoms with Gasteiger partial charge in [0.05, 0.1) is 34.3 Å². The van der Waals surface area contributed by atoms with E-state index in [0.29, 0.717) is 39.3 Å². The summed E-state index contributed by atoms with van der Waals surface area (Å²) in [6, 6.07) is 31.3. The Kier molecular flexibility index (Phi) is 8.28. The minimum absolute atomic E-state index is 0.124. The molecule has 2 heterocycles. The number of halogens is 1. The number of imide groups is 1. The van der Waals surface area contributed by atoms with Gasteiger partial charge in [0.15, 0.2) is 12.4 Å². The fourth-order valence-corrected chi connectivity index (χ4v) is 7.07. The van der Waals surface area contributed by atoms with Gasteiger partial charge in [0.25, 0.3) is 0 Å². The van der Waals surface area contributed by atoms with Crippen LogP contribution in [0.25, 0.3) is 33.3 Å². The van der Waals surface area contributed by atoms with Crippen molar-refractivity contribution in [3.63, 3.8) is 0 Å². The molecule has 1 aliphatic carbocycles. The minimum Gasteiger partial charge on any atom is -0.454 e. The largest absolute Gasteiger partial charge is 0.454 e. The second-order valence-corrected chi connectivity index (χ2v) is 13.3. The van der Waals surface area contributed by atoms with Crippen molar-refractivity contribution in [3.8, 4) is 22.4 Å². The highest BCUT2D eigenvalue weighted by Crippen LogP contribution is 2.42. The Balaban J connectivity index is 1.11. The first-order chi connectivity index (χ1) is 22.8. The molecule has 47 heavy (non-hydrogen) atoms. The minimum atomic E-state index is -0.646. The van der Waals surface area contributed by atoms with E-state index in [1.807, 2.05) is 48.5 Å². The number of aromatic nitrogens is 1. The number of amides is 2. The van der Waals surface area contributed by atoms with E-state index in [9.17, 15) is 19.2 Å². The van der Waals surface area contributed by atoms with Gasteiger partial charge in [0.2, 0.25) is 11.8 Å². The van der Waals surface area contributed by atoms with E-state index in [2.05, 4.69) is 22.9 Å². The predicted octanol–water partition coefficient (Wildman–Crippen LogP) is 8.30. The molecule has 234 valence electrons. The van der Waals surface area contributed by atoms with Crippen molar-refractivity contribution in [1.82, 2.24) is 4.98 Å². The van der Waals surface area contributed by atoms with Crippen LogP contribution in [0.4, 0.5) is 5.69 Å². The highest BCUT2D eigenvalue weighted by Gasteiger charge is 2.49. The number of benzene rings is 4. The summed E-state index contributed by atoms with van der Waals surface area (Å²) in [6.07, 6.45) is 2.44. The van der Waals surface area contributed by atoms with E-state index < -0.39 is 12.6 Å². The number of esters is 1. The monoisotopic (exact) mass is 686 g/mol. The molecular formula is C39H31BrN2O5. The third-order valence-corrected chi connectivity index (χ3v) is 9.74. The van der Waals surface area contributed by atoms with Gasteiger partial charge in [-0.25, -0.2) is 9.78 Å². The first-order valence-corrected chi connectivity index (χ1v) is 16.5. The highest BCUT2D eigenvalue weighted by molar-refractivity contribution is 9.10. The van der Waals surface area contributed by atoms with Crippen molar-refractivity contribution in [2.75, 3.05) is 11.5 Å². The molecule has 3 atom stereocenters.